The summed E-state index contributed by atoms with van der Waals surface area (Å²) >= 11 is 0. The van der Waals surface area contributed by atoms with Gasteiger partial charge in [-0.3, -0.25) is 0 Å². The lowest BCUT2D eigenvalue weighted by molar-refractivity contribution is 0.545. The number of nitrogen functional groups attached to an aromatic ring is 1. The van der Waals surface area contributed by atoms with Crippen LogP contribution >= 0.6 is 0 Å². The van der Waals surface area contributed by atoms with Crippen molar-refractivity contribution in [1.29, 1.82) is 0 Å². The Balaban J connectivity index is 0.000000704. The van der Waals surface area contributed by atoms with Crippen molar-refractivity contribution in [1.82, 2.24) is 19.6 Å². The summed E-state index contributed by atoms with van der Waals surface area (Å²) in [6, 6.07) is 7.81. The first-order valence-corrected chi connectivity index (χ1v) is 6.88. The van der Waals surface area contributed by atoms with Crippen molar-refractivity contribution in [3.63, 3.8) is 0 Å². The number of para-hydroxylation sites is 1. The molecule has 0 spiro atoms. The number of hydrogen-bond acceptors (Lipinski definition) is 4. The molecular weight excluding hydrogens is 250 g/mol. The third-order valence-electron chi connectivity index (χ3n) is 2.87. The summed E-state index contributed by atoms with van der Waals surface area (Å²) in [4.78, 5) is 8.94. The third-order valence-corrected chi connectivity index (χ3v) is 2.87. The Kier molecular flexibility index (Phi) is 3.61. The maximum Gasteiger partial charge on any atom is 0.223 e. The fraction of sp³-hybridized carbons (Fsp3) is 0.400. The van der Waals surface area contributed by atoms with Crippen LogP contribution in [0.2, 0.25) is 0 Å². The molecule has 0 unspecified atom stereocenters. The molecule has 0 fully saturated rings. The molecule has 0 aliphatic rings. The zero-order valence-corrected chi connectivity index (χ0v) is 12.7. The second-order valence-electron chi connectivity index (χ2n) is 5.41. The van der Waals surface area contributed by atoms with E-state index in [0.29, 0.717) is 5.95 Å². The van der Waals surface area contributed by atoms with Crippen molar-refractivity contribution in [2.24, 2.45) is 0 Å². The molecule has 0 amide bonds. The molecule has 0 atom stereocenters. The Morgan fingerprint density at radius 2 is 1.70 bits per heavy atom. The fourth-order valence-electron chi connectivity index (χ4n) is 1.89. The lowest BCUT2D eigenvalue weighted by Gasteiger charge is -2.11. The molecule has 5 heteroatoms. The molecule has 5 nitrogen and oxygen atoms in total. The summed E-state index contributed by atoms with van der Waals surface area (Å²) in [5, 5.41) is 5.42. The maximum absolute atomic E-state index is 5.93. The first-order chi connectivity index (χ1) is 9.47. The molecule has 0 aliphatic heterocycles. The fourth-order valence-corrected chi connectivity index (χ4v) is 1.89. The Hall–Kier alpha value is -2.17. The average molecular weight is 271 g/mol. The van der Waals surface area contributed by atoms with E-state index < -0.39 is 0 Å². The molecule has 0 saturated heterocycles. The van der Waals surface area contributed by atoms with Crippen LogP contribution in [-0.4, -0.2) is 19.6 Å². The van der Waals surface area contributed by atoms with E-state index >= 15 is 0 Å². The normalized spacial score (nSPS) is 11.4. The number of fused-ring (bicyclic) bond motifs is 3. The minimum Gasteiger partial charge on any atom is -0.368 e. The Morgan fingerprint density at radius 3 is 2.35 bits per heavy atom. The highest BCUT2D eigenvalue weighted by Gasteiger charge is 2.21. The minimum atomic E-state index is -0.112. The summed E-state index contributed by atoms with van der Waals surface area (Å²) in [6.45, 7) is 10.2. The van der Waals surface area contributed by atoms with E-state index in [0.717, 1.165) is 22.4 Å². The van der Waals surface area contributed by atoms with Crippen molar-refractivity contribution in [3.05, 3.63) is 30.1 Å². The van der Waals surface area contributed by atoms with Gasteiger partial charge in [0.1, 0.15) is 0 Å². The second kappa shape index (κ2) is 5.07. The van der Waals surface area contributed by atoms with Crippen LogP contribution in [0.15, 0.2) is 24.3 Å². The van der Waals surface area contributed by atoms with E-state index in [1.165, 1.54) is 0 Å². The van der Waals surface area contributed by atoms with E-state index in [9.17, 15) is 0 Å². The molecule has 2 N–H and O–H groups in total. The van der Waals surface area contributed by atoms with Crippen LogP contribution in [-0.2, 0) is 5.41 Å². The molecule has 20 heavy (non-hydrogen) atoms. The topological polar surface area (TPSA) is 69.1 Å². The molecule has 0 bridgehead atoms. The number of anilines is 1. The Labute approximate surface area is 118 Å². The van der Waals surface area contributed by atoms with Gasteiger partial charge in [-0.1, -0.05) is 46.8 Å². The van der Waals surface area contributed by atoms with Crippen LogP contribution in [0.4, 0.5) is 5.95 Å². The highest BCUT2D eigenvalue weighted by atomic mass is 15.4. The van der Waals surface area contributed by atoms with E-state index in [1.54, 1.807) is 4.52 Å². The molecule has 3 rings (SSSR count). The lowest BCUT2D eigenvalue weighted by Crippen LogP contribution is -2.13. The zero-order valence-electron chi connectivity index (χ0n) is 12.7. The number of aromatic nitrogens is 4. The minimum absolute atomic E-state index is 0.112. The van der Waals surface area contributed by atoms with Gasteiger partial charge in [0.2, 0.25) is 5.95 Å². The van der Waals surface area contributed by atoms with Gasteiger partial charge < -0.3 is 5.73 Å². The number of benzene rings is 1. The Morgan fingerprint density at radius 1 is 1.05 bits per heavy atom. The first kappa shape index (κ1) is 14.2. The van der Waals surface area contributed by atoms with Crippen LogP contribution in [0, 0.1) is 0 Å². The van der Waals surface area contributed by atoms with Crippen LogP contribution in [0.5, 0.6) is 0 Å². The van der Waals surface area contributed by atoms with Crippen molar-refractivity contribution >= 4 is 22.5 Å². The average Bonchev–Trinajstić information content (AvgIpc) is 2.87. The summed E-state index contributed by atoms with van der Waals surface area (Å²) in [6.07, 6.45) is 0. The van der Waals surface area contributed by atoms with E-state index in [-0.39, 0.29) is 5.41 Å². The molecule has 2 aromatic heterocycles. The SMILES string of the molecule is CC.CC(C)(C)c1nc2c3ccccc3nc(N)n2n1. The van der Waals surface area contributed by atoms with Crippen LogP contribution in [0.3, 0.4) is 0 Å². The highest BCUT2D eigenvalue weighted by molar-refractivity contribution is 5.92. The van der Waals surface area contributed by atoms with Gasteiger partial charge in [0, 0.05) is 10.8 Å². The molecule has 0 aliphatic carbocycles. The van der Waals surface area contributed by atoms with E-state index in [2.05, 4.69) is 35.8 Å². The molecule has 1 aromatic carbocycles. The lowest BCUT2D eigenvalue weighted by atomic mass is 9.96. The van der Waals surface area contributed by atoms with Crippen LogP contribution < -0.4 is 5.73 Å². The number of nitrogens with two attached hydrogens (primary N) is 1. The predicted molar refractivity (Wildman–Crippen MR) is 82.7 cm³/mol. The van der Waals surface area contributed by atoms with Gasteiger partial charge in [-0.2, -0.15) is 4.52 Å². The van der Waals surface area contributed by atoms with Gasteiger partial charge in [-0.05, 0) is 12.1 Å². The monoisotopic (exact) mass is 271 g/mol. The second-order valence-corrected chi connectivity index (χ2v) is 5.41. The summed E-state index contributed by atoms with van der Waals surface area (Å²) < 4.78 is 1.61. The quantitative estimate of drug-likeness (QED) is 0.681. The van der Waals surface area contributed by atoms with Gasteiger partial charge in [0.15, 0.2) is 11.5 Å². The molecular formula is C15H21N5. The van der Waals surface area contributed by atoms with Gasteiger partial charge in [-0.15, -0.1) is 5.10 Å². The van der Waals surface area contributed by atoms with Crippen molar-refractivity contribution < 1.29 is 0 Å². The third kappa shape index (κ3) is 2.31. The van der Waals surface area contributed by atoms with Gasteiger partial charge >= 0.3 is 0 Å². The maximum atomic E-state index is 5.93. The number of rotatable bonds is 0. The molecule has 3 aromatic rings. The summed E-state index contributed by atoms with van der Waals surface area (Å²) in [5.41, 5.74) is 7.43. The van der Waals surface area contributed by atoms with Gasteiger partial charge in [-0.25, -0.2) is 9.97 Å². The molecule has 0 radical (unpaired) electrons. The first-order valence-electron chi connectivity index (χ1n) is 6.88. The Bertz CT molecular complexity index is 737. The standard InChI is InChI=1S/C13H15N5.C2H6/c1-13(2,3)11-16-10-8-6-4-5-7-9(8)15-12(14)18(10)17-11;1-2/h4-7H,1-3H3,(H2,14,15);1-2H3. The van der Waals surface area contributed by atoms with Gasteiger partial charge in [0.25, 0.3) is 0 Å². The smallest absolute Gasteiger partial charge is 0.223 e. The van der Waals surface area contributed by atoms with E-state index in [4.69, 9.17) is 5.73 Å². The molecule has 106 valence electrons. The predicted octanol–water partition coefficient (Wildman–Crippen LogP) is 3.18. The van der Waals surface area contributed by atoms with Crippen LogP contribution in [0.1, 0.15) is 40.4 Å². The highest BCUT2D eigenvalue weighted by Crippen LogP contribution is 2.23. The summed E-state index contributed by atoms with van der Waals surface area (Å²) in [5.74, 6) is 1.14. The van der Waals surface area contributed by atoms with Gasteiger partial charge in [0.05, 0.1) is 5.52 Å². The largest absolute Gasteiger partial charge is 0.368 e. The van der Waals surface area contributed by atoms with Crippen LogP contribution in [0.25, 0.3) is 16.6 Å². The van der Waals surface area contributed by atoms with Crippen molar-refractivity contribution in [3.8, 4) is 0 Å². The van der Waals surface area contributed by atoms with Crippen molar-refractivity contribution in [2.45, 2.75) is 40.0 Å². The molecule has 0 saturated carbocycles. The number of hydrogen-bond donors (Lipinski definition) is 1. The zero-order chi connectivity index (χ0) is 14.9. The number of nitrogens with zero attached hydrogens (tertiary/aromatic N) is 4. The van der Waals surface area contributed by atoms with Crippen molar-refractivity contribution in [2.75, 3.05) is 5.73 Å². The summed E-state index contributed by atoms with van der Waals surface area (Å²) in [7, 11) is 0. The molecule has 2 heterocycles. The van der Waals surface area contributed by atoms with E-state index in [1.807, 2.05) is 38.1 Å².